The maximum absolute atomic E-state index is 12.7. The van der Waals surface area contributed by atoms with Gasteiger partial charge in [0.2, 0.25) is 0 Å². The average molecular weight is 360 g/mol. The summed E-state index contributed by atoms with van der Waals surface area (Å²) in [5.41, 5.74) is 1.43. The third-order valence-electron chi connectivity index (χ3n) is 4.08. The Hall–Kier alpha value is -2.15. The lowest BCUT2D eigenvalue weighted by molar-refractivity contribution is 0.0789. The first-order valence-electron chi connectivity index (χ1n) is 7.13. The Balaban J connectivity index is 1.57. The lowest BCUT2D eigenvalue weighted by Crippen LogP contribution is -2.29. The molecular formula is C15H14BrN5O. The molecule has 1 unspecified atom stereocenters. The van der Waals surface area contributed by atoms with Gasteiger partial charge in [-0.3, -0.25) is 9.48 Å². The van der Waals surface area contributed by atoms with Gasteiger partial charge >= 0.3 is 0 Å². The zero-order valence-corrected chi connectivity index (χ0v) is 13.3. The molecule has 1 fully saturated rings. The zero-order chi connectivity index (χ0) is 15.1. The second-order valence-corrected chi connectivity index (χ2v) is 6.35. The maximum atomic E-state index is 12.7. The summed E-state index contributed by atoms with van der Waals surface area (Å²) in [5, 5.41) is 5.19. The van der Waals surface area contributed by atoms with Gasteiger partial charge in [0.15, 0.2) is 0 Å². The first-order chi connectivity index (χ1) is 10.7. The summed E-state index contributed by atoms with van der Waals surface area (Å²) < 4.78 is 2.88. The quantitative estimate of drug-likeness (QED) is 0.764. The van der Waals surface area contributed by atoms with Gasteiger partial charge in [0, 0.05) is 37.1 Å². The van der Waals surface area contributed by atoms with Crippen LogP contribution in [0.4, 0.5) is 0 Å². The number of pyridine rings is 1. The minimum Gasteiger partial charge on any atom is -0.345 e. The Labute approximate surface area is 135 Å². The van der Waals surface area contributed by atoms with Crippen molar-refractivity contribution >= 4 is 32.9 Å². The van der Waals surface area contributed by atoms with Crippen LogP contribution in [0.3, 0.4) is 0 Å². The first kappa shape index (κ1) is 13.5. The second kappa shape index (κ2) is 5.24. The van der Waals surface area contributed by atoms with Gasteiger partial charge in [-0.25, -0.2) is 4.98 Å². The van der Waals surface area contributed by atoms with Gasteiger partial charge in [-0.2, -0.15) is 5.10 Å². The van der Waals surface area contributed by atoms with Crippen molar-refractivity contribution in [1.29, 1.82) is 0 Å². The molecule has 3 aromatic heterocycles. The molecule has 1 saturated heterocycles. The van der Waals surface area contributed by atoms with Crippen LogP contribution in [0.25, 0.3) is 11.0 Å². The second-order valence-electron chi connectivity index (χ2n) is 5.43. The minimum absolute atomic E-state index is 0.0490. The summed E-state index contributed by atoms with van der Waals surface area (Å²) in [6.07, 6.45) is 8.11. The monoisotopic (exact) mass is 359 g/mol. The van der Waals surface area contributed by atoms with E-state index >= 15 is 0 Å². The van der Waals surface area contributed by atoms with E-state index < -0.39 is 0 Å². The standard InChI is InChI=1S/C15H14BrN5O/c16-10-6-19-21(8-10)11-3-5-20(9-11)15(22)13-7-18-14-12(13)2-1-4-17-14/h1-2,4,6-8,11H,3,5,9H2,(H,17,18). The van der Waals surface area contributed by atoms with Crippen LogP contribution < -0.4 is 0 Å². The summed E-state index contributed by atoms with van der Waals surface area (Å²) >= 11 is 3.41. The molecule has 0 saturated carbocycles. The molecule has 1 amide bonds. The van der Waals surface area contributed by atoms with E-state index in [1.807, 2.05) is 27.9 Å². The normalized spacial score (nSPS) is 18.2. The number of carbonyl (C=O) groups is 1. The number of carbonyl (C=O) groups excluding carboxylic acids is 1. The van der Waals surface area contributed by atoms with Crippen LogP contribution in [0.15, 0.2) is 41.4 Å². The molecule has 1 aliphatic heterocycles. The van der Waals surface area contributed by atoms with E-state index in [1.165, 1.54) is 0 Å². The van der Waals surface area contributed by atoms with Crippen LogP contribution in [-0.4, -0.2) is 43.6 Å². The highest BCUT2D eigenvalue weighted by atomic mass is 79.9. The Morgan fingerprint density at radius 3 is 3.18 bits per heavy atom. The predicted octanol–water partition coefficient (Wildman–Crippen LogP) is 2.61. The van der Waals surface area contributed by atoms with Gasteiger partial charge in [0.25, 0.3) is 5.91 Å². The van der Waals surface area contributed by atoms with Crippen molar-refractivity contribution in [3.63, 3.8) is 0 Å². The molecular weight excluding hydrogens is 346 g/mol. The number of likely N-dealkylation sites (tertiary alicyclic amines) is 1. The Kier molecular flexibility index (Phi) is 3.22. The molecule has 0 aromatic carbocycles. The van der Waals surface area contributed by atoms with Crippen LogP contribution in [0.1, 0.15) is 22.8 Å². The summed E-state index contributed by atoms with van der Waals surface area (Å²) in [6, 6.07) is 4.00. The number of aromatic nitrogens is 4. The Morgan fingerprint density at radius 1 is 1.45 bits per heavy atom. The Morgan fingerprint density at radius 2 is 2.36 bits per heavy atom. The van der Waals surface area contributed by atoms with Gasteiger partial charge < -0.3 is 9.88 Å². The van der Waals surface area contributed by atoms with Gasteiger partial charge in [-0.15, -0.1) is 0 Å². The number of H-pyrrole nitrogens is 1. The lowest BCUT2D eigenvalue weighted by Gasteiger charge is -2.16. The van der Waals surface area contributed by atoms with Crippen LogP contribution in [-0.2, 0) is 0 Å². The summed E-state index contributed by atoms with van der Waals surface area (Å²) in [4.78, 5) is 21.9. The molecule has 0 radical (unpaired) electrons. The van der Waals surface area contributed by atoms with Gasteiger partial charge in [-0.1, -0.05) is 0 Å². The molecule has 6 nitrogen and oxygen atoms in total. The van der Waals surface area contributed by atoms with E-state index in [4.69, 9.17) is 0 Å². The molecule has 4 heterocycles. The average Bonchev–Trinajstić information content (AvgIpc) is 3.25. The van der Waals surface area contributed by atoms with Crippen molar-refractivity contribution in [2.75, 3.05) is 13.1 Å². The molecule has 0 aliphatic carbocycles. The molecule has 1 aliphatic rings. The number of nitrogens with zero attached hydrogens (tertiary/aromatic N) is 4. The molecule has 7 heteroatoms. The van der Waals surface area contributed by atoms with Crippen molar-refractivity contribution < 1.29 is 4.79 Å². The highest BCUT2D eigenvalue weighted by Gasteiger charge is 2.29. The van der Waals surface area contributed by atoms with Crippen LogP contribution in [0, 0.1) is 0 Å². The lowest BCUT2D eigenvalue weighted by atomic mass is 10.2. The summed E-state index contributed by atoms with van der Waals surface area (Å²) in [5.74, 6) is 0.0490. The number of hydrogen-bond acceptors (Lipinski definition) is 3. The molecule has 3 aromatic rings. The van der Waals surface area contributed by atoms with Crippen LogP contribution >= 0.6 is 15.9 Å². The molecule has 4 rings (SSSR count). The van der Waals surface area contributed by atoms with Crippen molar-refractivity contribution in [3.05, 3.63) is 47.0 Å². The predicted molar refractivity (Wildman–Crippen MR) is 85.6 cm³/mol. The summed E-state index contributed by atoms with van der Waals surface area (Å²) in [7, 11) is 0. The first-order valence-corrected chi connectivity index (χ1v) is 7.93. The molecule has 0 spiro atoms. The van der Waals surface area contributed by atoms with Crippen molar-refractivity contribution in [1.82, 2.24) is 24.6 Å². The number of aromatic amines is 1. The van der Waals surface area contributed by atoms with Crippen molar-refractivity contribution in [3.8, 4) is 0 Å². The Bertz CT molecular complexity index is 839. The fraction of sp³-hybridized carbons (Fsp3) is 0.267. The maximum Gasteiger partial charge on any atom is 0.256 e. The zero-order valence-electron chi connectivity index (χ0n) is 11.7. The van der Waals surface area contributed by atoms with E-state index in [-0.39, 0.29) is 11.9 Å². The summed E-state index contributed by atoms with van der Waals surface area (Å²) in [6.45, 7) is 1.42. The van der Waals surface area contributed by atoms with Gasteiger partial charge in [0.05, 0.1) is 22.3 Å². The highest BCUT2D eigenvalue weighted by molar-refractivity contribution is 9.10. The number of hydrogen-bond donors (Lipinski definition) is 1. The van der Waals surface area contributed by atoms with E-state index in [0.717, 1.165) is 28.5 Å². The topological polar surface area (TPSA) is 66.8 Å². The minimum atomic E-state index is 0.0490. The molecule has 1 N–H and O–H groups in total. The molecule has 1 atom stereocenters. The van der Waals surface area contributed by atoms with Crippen molar-refractivity contribution in [2.24, 2.45) is 0 Å². The van der Waals surface area contributed by atoms with E-state index in [1.54, 1.807) is 18.6 Å². The van der Waals surface area contributed by atoms with E-state index in [2.05, 4.69) is 31.0 Å². The van der Waals surface area contributed by atoms with Crippen molar-refractivity contribution in [2.45, 2.75) is 12.5 Å². The van der Waals surface area contributed by atoms with Crippen LogP contribution in [0.5, 0.6) is 0 Å². The molecule has 112 valence electrons. The smallest absolute Gasteiger partial charge is 0.256 e. The third kappa shape index (κ3) is 2.21. The fourth-order valence-electron chi connectivity index (χ4n) is 2.96. The number of fused-ring (bicyclic) bond motifs is 1. The SMILES string of the molecule is O=C(c1c[nH]c2ncccc12)N1CCC(n2cc(Br)cn2)C1. The van der Waals surface area contributed by atoms with Gasteiger partial charge in [-0.05, 0) is 34.5 Å². The van der Waals surface area contributed by atoms with Crippen LogP contribution in [0.2, 0.25) is 0 Å². The van der Waals surface area contributed by atoms with E-state index in [0.29, 0.717) is 12.1 Å². The molecule has 22 heavy (non-hydrogen) atoms. The number of amides is 1. The van der Waals surface area contributed by atoms with Gasteiger partial charge in [0.1, 0.15) is 5.65 Å². The number of halogens is 1. The van der Waals surface area contributed by atoms with E-state index in [9.17, 15) is 4.79 Å². The largest absolute Gasteiger partial charge is 0.345 e. The molecule has 0 bridgehead atoms. The number of rotatable bonds is 2. The fourth-order valence-corrected chi connectivity index (χ4v) is 3.26. The highest BCUT2D eigenvalue weighted by Crippen LogP contribution is 2.25. The third-order valence-corrected chi connectivity index (χ3v) is 4.49. The number of nitrogens with one attached hydrogen (secondary N) is 1.